The van der Waals surface area contributed by atoms with E-state index in [1.165, 1.54) is 0 Å². The quantitative estimate of drug-likeness (QED) is 0.764. The third-order valence-electron chi connectivity index (χ3n) is 2.19. The summed E-state index contributed by atoms with van der Waals surface area (Å²) in [5, 5.41) is 2.93. The first-order valence-corrected chi connectivity index (χ1v) is 4.85. The summed E-state index contributed by atoms with van der Waals surface area (Å²) in [6, 6.07) is 1.74. The van der Waals surface area contributed by atoms with Crippen LogP contribution in [0.25, 0.3) is 0 Å². The van der Waals surface area contributed by atoms with Gasteiger partial charge in [-0.2, -0.15) is 0 Å². The molecule has 1 aromatic rings. The lowest BCUT2D eigenvalue weighted by Gasteiger charge is -2.09. The molecule has 1 fully saturated rings. The van der Waals surface area contributed by atoms with Gasteiger partial charge < -0.3 is 15.8 Å². The number of amides is 1. The van der Waals surface area contributed by atoms with E-state index in [0.29, 0.717) is 5.75 Å². The van der Waals surface area contributed by atoms with Gasteiger partial charge >= 0.3 is 0 Å². The lowest BCUT2D eigenvalue weighted by molar-refractivity contribution is 0.0991. The molecule has 1 aromatic heterocycles. The maximum Gasteiger partial charge on any atom is 0.271 e. The van der Waals surface area contributed by atoms with E-state index in [0.717, 1.165) is 18.5 Å². The van der Waals surface area contributed by atoms with Crippen molar-refractivity contribution in [1.29, 1.82) is 0 Å². The summed E-state index contributed by atoms with van der Waals surface area (Å²) in [5.41, 5.74) is 6.20. The number of anilines is 1. The first-order valence-electron chi connectivity index (χ1n) is 4.85. The number of pyridine rings is 1. The Labute approximate surface area is 87.6 Å². The van der Waals surface area contributed by atoms with Gasteiger partial charge in [-0.25, -0.2) is 4.98 Å². The second kappa shape index (κ2) is 3.76. The van der Waals surface area contributed by atoms with Crippen LogP contribution in [0.3, 0.4) is 0 Å². The Kier molecular flexibility index (Phi) is 2.45. The third-order valence-corrected chi connectivity index (χ3v) is 2.19. The number of nitrogens with zero attached hydrogens (tertiary/aromatic N) is 1. The standard InChI is InChI=1S/C10H13N3O2/c1-12-6-4-8(15-7-2-3-7)9(10(11)14)13-5-6/h4-5,7,12H,2-3H2,1H3,(H2,11,14). The molecule has 1 aliphatic rings. The van der Waals surface area contributed by atoms with Gasteiger partial charge in [0.05, 0.1) is 18.0 Å². The average molecular weight is 207 g/mol. The van der Waals surface area contributed by atoms with Crippen LogP contribution in [0.2, 0.25) is 0 Å². The number of carbonyl (C=O) groups is 1. The topological polar surface area (TPSA) is 77.2 Å². The van der Waals surface area contributed by atoms with E-state index in [9.17, 15) is 4.79 Å². The average Bonchev–Trinajstić information content (AvgIpc) is 3.01. The number of nitrogens with two attached hydrogens (primary N) is 1. The van der Waals surface area contributed by atoms with Gasteiger partial charge in [-0.05, 0) is 12.8 Å². The molecule has 0 aromatic carbocycles. The first-order chi connectivity index (χ1) is 7.20. The van der Waals surface area contributed by atoms with Crippen LogP contribution in [0.4, 0.5) is 5.69 Å². The van der Waals surface area contributed by atoms with E-state index in [-0.39, 0.29) is 11.8 Å². The largest absolute Gasteiger partial charge is 0.488 e. The first kappa shape index (κ1) is 9.76. The highest BCUT2D eigenvalue weighted by Crippen LogP contribution is 2.29. The Hall–Kier alpha value is -1.78. The van der Waals surface area contributed by atoms with Crippen molar-refractivity contribution in [2.75, 3.05) is 12.4 Å². The van der Waals surface area contributed by atoms with E-state index >= 15 is 0 Å². The molecule has 0 aliphatic heterocycles. The Morgan fingerprint density at radius 1 is 1.67 bits per heavy atom. The summed E-state index contributed by atoms with van der Waals surface area (Å²) in [7, 11) is 1.78. The summed E-state index contributed by atoms with van der Waals surface area (Å²) >= 11 is 0. The molecule has 80 valence electrons. The van der Waals surface area contributed by atoms with Gasteiger partial charge in [0, 0.05) is 13.1 Å². The van der Waals surface area contributed by atoms with Gasteiger partial charge in [0.1, 0.15) is 0 Å². The van der Waals surface area contributed by atoms with E-state index in [1.54, 1.807) is 19.3 Å². The van der Waals surface area contributed by atoms with Crippen LogP contribution in [0.15, 0.2) is 12.3 Å². The maximum atomic E-state index is 11.1. The van der Waals surface area contributed by atoms with Gasteiger partial charge in [-0.1, -0.05) is 0 Å². The van der Waals surface area contributed by atoms with E-state index in [1.807, 2.05) is 0 Å². The number of aromatic nitrogens is 1. The predicted molar refractivity (Wildman–Crippen MR) is 56.0 cm³/mol. The van der Waals surface area contributed by atoms with Crippen molar-refractivity contribution < 1.29 is 9.53 Å². The Balaban J connectivity index is 2.30. The molecule has 5 nitrogen and oxygen atoms in total. The fourth-order valence-electron chi connectivity index (χ4n) is 1.22. The summed E-state index contributed by atoms with van der Waals surface area (Å²) in [6.07, 6.45) is 3.83. The van der Waals surface area contributed by atoms with Crippen molar-refractivity contribution >= 4 is 11.6 Å². The molecule has 0 spiro atoms. The summed E-state index contributed by atoms with van der Waals surface area (Å²) in [5.74, 6) is -0.0925. The van der Waals surface area contributed by atoms with E-state index in [4.69, 9.17) is 10.5 Å². The molecule has 0 saturated heterocycles. The minimum atomic E-state index is -0.562. The zero-order chi connectivity index (χ0) is 10.8. The molecule has 15 heavy (non-hydrogen) atoms. The number of rotatable bonds is 4. The second-order valence-corrected chi connectivity index (χ2v) is 3.50. The summed E-state index contributed by atoms with van der Waals surface area (Å²) in [4.78, 5) is 15.1. The lowest BCUT2D eigenvalue weighted by atomic mass is 10.3. The highest BCUT2D eigenvalue weighted by Gasteiger charge is 2.26. The van der Waals surface area contributed by atoms with Crippen LogP contribution in [-0.2, 0) is 0 Å². The molecule has 1 aliphatic carbocycles. The molecule has 0 bridgehead atoms. The SMILES string of the molecule is CNc1cnc(C(N)=O)c(OC2CC2)c1. The molecule has 1 saturated carbocycles. The molecule has 0 unspecified atom stereocenters. The number of primary amides is 1. The van der Waals surface area contributed by atoms with Gasteiger partial charge in [-0.15, -0.1) is 0 Å². The normalized spacial score (nSPS) is 14.7. The molecular weight excluding hydrogens is 194 g/mol. The number of nitrogens with one attached hydrogen (secondary N) is 1. The number of carbonyl (C=O) groups excluding carboxylic acids is 1. The Bertz CT molecular complexity index is 388. The smallest absolute Gasteiger partial charge is 0.271 e. The van der Waals surface area contributed by atoms with Crippen molar-refractivity contribution in [2.24, 2.45) is 5.73 Å². The van der Waals surface area contributed by atoms with Crippen molar-refractivity contribution in [3.8, 4) is 5.75 Å². The molecule has 0 atom stereocenters. The van der Waals surface area contributed by atoms with Gasteiger partial charge in [-0.3, -0.25) is 4.79 Å². The number of ether oxygens (including phenoxy) is 1. The minimum Gasteiger partial charge on any atom is -0.488 e. The maximum absolute atomic E-state index is 11.1. The van der Waals surface area contributed by atoms with Crippen LogP contribution < -0.4 is 15.8 Å². The van der Waals surface area contributed by atoms with Crippen LogP contribution in [-0.4, -0.2) is 24.0 Å². The zero-order valence-electron chi connectivity index (χ0n) is 8.49. The molecule has 1 amide bonds. The van der Waals surface area contributed by atoms with Crippen molar-refractivity contribution in [3.63, 3.8) is 0 Å². The van der Waals surface area contributed by atoms with Crippen LogP contribution in [0.5, 0.6) is 5.75 Å². The third kappa shape index (κ3) is 2.18. The fraction of sp³-hybridized carbons (Fsp3) is 0.400. The van der Waals surface area contributed by atoms with Gasteiger partial charge in [0.2, 0.25) is 0 Å². The van der Waals surface area contributed by atoms with Crippen molar-refractivity contribution in [2.45, 2.75) is 18.9 Å². The molecule has 2 rings (SSSR count). The molecule has 3 N–H and O–H groups in total. The Morgan fingerprint density at radius 3 is 2.93 bits per heavy atom. The van der Waals surface area contributed by atoms with Gasteiger partial charge in [0.25, 0.3) is 5.91 Å². The Morgan fingerprint density at radius 2 is 2.40 bits per heavy atom. The molecule has 5 heteroatoms. The summed E-state index contributed by atoms with van der Waals surface area (Å²) < 4.78 is 5.56. The van der Waals surface area contributed by atoms with Crippen molar-refractivity contribution in [3.05, 3.63) is 18.0 Å². The predicted octanol–water partition coefficient (Wildman–Crippen LogP) is 0.763. The zero-order valence-corrected chi connectivity index (χ0v) is 8.49. The highest BCUT2D eigenvalue weighted by molar-refractivity contribution is 5.93. The van der Waals surface area contributed by atoms with Crippen LogP contribution in [0.1, 0.15) is 23.3 Å². The molecule has 1 heterocycles. The lowest BCUT2D eigenvalue weighted by Crippen LogP contribution is -2.15. The molecule has 0 radical (unpaired) electrons. The van der Waals surface area contributed by atoms with E-state index in [2.05, 4.69) is 10.3 Å². The van der Waals surface area contributed by atoms with Crippen molar-refractivity contribution in [1.82, 2.24) is 4.98 Å². The minimum absolute atomic E-state index is 0.195. The second-order valence-electron chi connectivity index (χ2n) is 3.50. The highest BCUT2D eigenvalue weighted by atomic mass is 16.5. The van der Waals surface area contributed by atoms with Crippen LogP contribution in [0, 0.1) is 0 Å². The molecular formula is C10H13N3O2. The van der Waals surface area contributed by atoms with Crippen LogP contribution >= 0.6 is 0 Å². The number of hydrogen-bond acceptors (Lipinski definition) is 4. The van der Waals surface area contributed by atoms with Gasteiger partial charge in [0.15, 0.2) is 11.4 Å². The summed E-state index contributed by atoms with van der Waals surface area (Å²) in [6.45, 7) is 0. The monoisotopic (exact) mass is 207 g/mol. The number of hydrogen-bond donors (Lipinski definition) is 2. The van der Waals surface area contributed by atoms with E-state index < -0.39 is 5.91 Å². The fourth-order valence-corrected chi connectivity index (χ4v) is 1.22.